The van der Waals surface area contributed by atoms with Crippen molar-refractivity contribution in [3.8, 4) is 0 Å². The standard InChI is InChI=1S/C24H48O4/c1-6-7-8-9-10-11-12-16-26-19-20-27-17-13-14-23(25)28-18-15-22(2)21-24(3,4)5/h22H,6-21H2,1-5H3. The number of rotatable bonds is 19. The maximum atomic E-state index is 11.7. The molecule has 0 aliphatic carbocycles. The molecule has 0 saturated heterocycles. The lowest BCUT2D eigenvalue weighted by Crippen LogP contribution is -2.14. The zero-order chi connectivity index (χ0) is 21.1. The molecule has 0 aromatic carbocycles. The summed E-state index contributed by atoms with van der Waals surface area (Å²) < 4.78 is 16.4. The summed E-state index contributed by atoms with van der Waals surface area (Å²) in [5.74, 6) is 0.471. The second-order valence-electron chi connectivity index (χ2n) is 9.33. The van der Waals surface area contributed by atoms with Gasteiger partial charge in [0.15, 0.2) is 0 Å². The number of carbonyl (C=O) groups is 1. The summed E-state index contributed by atoms with van der Waals surface area (Å²) >= 11 is 0. The summed E-state index contributed by atoms with van der Waals surface area (Å²) in [6, 6.07) is 0. The fourth-order valence-corrected chi connectivity index (χ4v) is 3.40. The highest BCUT2D eigenvalue weighted by Crippen LogP contribution is 2.25. The minimum Gasteiger partial charge on any atom is -0.466 e. The molecule has 0 heterocycles. The van der Waals surface area contributed by atoms with Crippen LogP contribution in [0.4, 0.5) is 0 Å². The van der Waals surface area contributed by atoms with Gasteiger partial charge in [0.25, 0.3) is 0 Å². The molecule has 0 saturated carbocycles. The number of carbonyl (C=O) groups excluding carboxylic acids is 1. The van der Waals surface area contributed by atoms with Gasteiger partial charge in [0.1, 0.15) is 0 Å². The molecular formula is C24H48O4. The first-order chi connectivity index (χ1) is 13.3. The molecule has 0 amide bonds. The van der Waals surface area contributed by atoms with Crippen LogP contribution in [0, 0.1) is 11.3 Å². The molecule has 0 N–H and O–H groups in total. The predicted octanol–water partition coefficient (Wildman–Crippen LogP) is 6.56. The van der Waals surface area contributed by atoms with Gasteiger partial charge in [0.2, 0.25) is 0 Å². The lowest BCUT2D eigenvalue weighted by molar-refractivity contribution is -0.144. The molecule has 4 heteroatoms. The van der Waals surface area contributed by atoms with Crippen molar-refractivity contribution in [2.24, 2.45) is 11.3 Å². The third-order valence-electron chi connectivity index (χ3n) is 4.77. The molecule has 0 bridgehead atoms. The van der Waals surface area contributed by atoms with Crippen LogP contribution in [-0.2, 0) is 19.0 Å². The van der Waals surface area contributed by atoms with E-state index in [1.165, 1.54) is 38.5 Å². The first kappa shape index (κ1) is 27.4. The van der Waals surface area contributed by atoms with Crippen LogP contribution in [0.1, 0.15) is 105 Å². The Morgan fingerprint density at radius 2 is 1.36 bits per heavy atom. The van der Waals surface area contributed by atoms with Crippen LogP contribution in [0.5, 0.6) is 0 Å². The largest absolute Gasteiger partial charge is 0.466 e. The lowest BCUT2D eigenvalue weighted by atomic mass is 9.84. The molecule has 0 spiro atoms. The predicted molar refractivity (Wildman–Crippen MR) is 118 cm³/mol. The first-order valence-corrected chi connectivity index (χ1v) is 11.7. The molecule has 0 aliphatic heterocycles. The van der Waals surface area contributed by atoms with Gasteiger partial charge in [-0.25, -0.2) is 0 Å². The highest BCUT2D eigenvalue weighted by atomic mass is 16.5. The average Bonchev–Trinajstić information content (AvgIpc) is 2.60. The number of hydrogen-bond donors (Lipinski definition) is 0. The molecule has 4 nitrogen and oxygen atoms in total. The van der Waals surface area contributed by atoms with E-state index in [-0.39, 0.29) is 5.97 Å². The summed E-state index contributed by atoms with van der Waals surface area (Å²) in [6.45, 7) is 14.4. The van der Waals surface area contributed by atoms with E-state index < -0.39 is 0 Å². The van der Waals surface area contributed by atoms with Crippen LogP contribution in [0.25, 0.3) is 0 Å². The van der Waals surface area contributed by atoms with Gasteiger partial charge >= 0.3 is 5.97 Å². The Kier molecular flexibility index (Phi) is 18.0. The third kappa shape index (κ3) is 21.7. The fraction of sp³-hybridized carbons (Fsp3) is 0.958. The van der Waals surface area contributed by atoms with E-state index in [2.05, 4.69) is 34.6 Å². The van der Waals surface area contributed by atoms with Gasteiger partial charge in [-0.3, -0.25) is 4.79 Å². The van der Waals surface area contributed by atoms with E-state index in [0.717, 1.165) is 25.9 Å². The number of ether oxygens (including phenoxy) is 3. The Morgan fingerprint density at radius 1 is 0.786 bits per heavy atom. The maximum Gasteiger partial charge on any atom is 0.305 e. The minimum atomic E-state index is -0.109. The van der Waals surface area contributed by atoms with Crippen LogP contribution in [0.15, 0.2) is 0 Å². The zero-order valence-electron chi connectivity index (χ0n) is 19.5. The van der Waals surface area contributed by atoms with Gasteiger partial charge in [0.05, 0.1) is 19.8 Å². The zero-order valence-corrected chi connectivity index (χ0v) is 19.5. The SMILES string of the molecule is CCCCCCCCCOCCOCCCC(=O)OCCC(C)CC(C)(C)C. The van der Waals surface area contributed by atoms with E-state index in [9.17, 15) is 4.79 Å². The van der Waals surface area contributed by atoms with Crippen LogP contribution >= 0.6 is 0 Å². The normalized spacial score (nSPS) is 12.9. The van der Waals surface area contributed by atoms with Crippen LogP contribution in [0.2, 0.25) is 0 Å². The Morgan fingerprint density at radius 3 is 1.96 bits per heavy atom. The lowest BCUT2D eigenvalue weighted by Gasteiger charge is -2.22. The molecule has 0 aliphatic rings. The molecule has 0 aromatic heterocycles. The quantitative estimate of drug-likeness (QED) is 0.182. The number of hydrogen-bond acceptors (Lipinski definition) is 4. The molecule has 1 unspecified atom stereocenters. The van der Waals surface area contributed by atoms with Gasteiger partial charge in [-0.05, 0) is 37.0 Å². The molecule has 0 aromatic rings. The number of unbranched alkanes of at least 4 members (excludes halogenated alkanes) is 6. The summed E-state index contributed by atoms with van der Waals surface area (Å²) in [7, 11) is 0. The van der Waals surface area contributed by atoms with Crippen LogP contribution < -0.4 is 0 Å². The smallest absolute Gasteiger partial charge is 0.305 e. The molecule has 28 heavy (non-hydrogen) atoms. The van der Waals surface area contributed by atoms with Crippen molar-refractivity contribution in [3.63, 3.8) is 0 Å². The fourth-order valence-electron chi connectivity index (χ4n) is 3.40. The van der Waals surface area contributed by atoms with Crippen molar-refractivity contribution in [1.82, 2.24) is 0 Å². The summed E-state index contributed by atoms with van der Waals surface area (Å²) in [5.41, 5.74) is 0.332. The van der Waals surface area contributed by atoms with Crippen molar-refractivity contribution < 1.29 is 19.0 Å². The first-order valence-electron chi connectivity index (χ1n) is 11.7. The van der Waals surface area contributed by atoms with E-state index >= 15 is 0 Å². The maximum absolute atomic E-state index is 11.7. The molecule has 0 fully saturated rings. The Balaban J connectivity index is 3.28. The van der Waals surface area contributed by atoms with Gasteiger partial charge in [0, 0.05) is 19.6 Å². The Bertz CT molecular complexity index is 349. The van der Waals surface area contributed by atoms with Crippen molar-refractivity contribution in [2.75, 3.05) is 33.0 Å². The molecule has 168 valence electrons. The van der Waals surface area contributed by atoms with Crippen molar-refractivity contribution in [1.29, 1.82) is 0 Å². The summed E-state index contributed by atoms with van der Waals surface area (Å²) in [5, 5.41) is 0. The minimum absolute atomic E-state index is 0.109. The second kappa shape index (κ2) is 18.4. The van der Waals surface area contributed by atoms with Crippen molar-refractivity contribution in [2.45, 2.75) is 105 Å². The van der Waals surface area contributed by atoms with Crippen LogP contribution in [-0.4, -0.2) is 39.0 Å². The van der Waals surface area contributed by atoms with Gasteiger partial charge in [-0.1, -0.05) is 73.1 Å². The van der Waals surface area contributed by atoms with Gasteiger partial charge in [-0.2, -0.15) is 0 Å². The Labute approximate surface area is 175 Å². The van der Waals surface area contributed by atoms with E-state index in [1.54, 1.807) is 0 Å². The van der Waals surface area contributed by atoms with Gasteiger partial charge < -0.3 is 14.2 Å². The average molecular weight is 401 g/mol. The number of esters is 1. The molecule has 1 atom stereocenters. The highest BCUT2D eigenvalue weighted by molar-refractivity contribution is 5.69. The monoisotopic (exact) mass is 400 g/mol. The Hall–Kier alpha value is -0.610. The van der Waals surface area contributed by atoms with Crippen LogP contribution in [0.3, 0.4) is 0 Å². The van der Waals surface area contributed by atoms with E-state index in [1.807, 2.05) is 0 Å². The van der Waals surface area contributed by atoms with Crippen molar-refractivity contribution >= 4 is 5.97 Å². The van der Waals surface area contributed by atoms with Gasteiger partial charge in [-0.15, -0.1) is 0 Å². The van der Waals surface area contributed by atoms with Crippen molar-refractivity contribution in [3.05, 3.63) is 0 Å². The topological polar surface area (TPSA) is 44.8 Å². The molecular weight excluding hydrogens is 352 g/mol. The molecule has 0 rings (SSSR count). The van der Waals surface area contributed by atoms with E-state index in [0.29, 0.717) is 50.6 Å². The summed E-state index contributed by atoms with van der Waals surface area (Å²) in [6.07, 6.45) is 12.4. The van der Waals surface area contributed by atoms with E-state index in [4.69, 9.17) is 14.2 Å². The highest BCUT2D eigenvalue weighted by Gasteiger charge is 2.15. The molecule has 0 radical (unpaired) electrons. The second-order valence-corrected chi connectivity index (χ2v) is 9.33. The summed E-state index contributed by atoms with van der Waals surface area (Å²) in [4.78, 5) is 11.7. The third-order valence-corrected chi connectivity index (χ3v) is 4.77.